The van der Waals surface area contributed by atoms with E-state index in [-0.39, 0.29) is 6.61 Å². The second kappa shape index (κ2) is 6.34. The van der Waals surface area contributed by atoms with Gasteiger partial charge in [0.2, 0.25) is 0 Å². The Hall–Kier alpha value is -1.17. The molecule has 0 aliphatic carbocycles. The third-order valence-corrected chi connectivity index (χ3v) is 2.29. The van der Waals surface area contributed by atoms with Crippen LogP contribution in [0.1, 0.15) is 5.56 Å². The Balaban J connectivity index is 2.54. The van der Waals surface area contributed by atoms with Crippen molar-refractivity contribution in [3.8, 4) is 11.8 Å². The van der Waals surface area contributed by atoms with Gasteiger partial charge in [0.25, 0.3) is 0 Å². The van der Waals surface area contributed by atoms with Crippen molar-refractivity contribution < 1.29 is 4.74 Å². The van der Waals surface area contributed by atoms with Gasteiger partial charge in [-0.25, -0.2) is 0 Å². The van der Waals surface area contributed by atoms with Gasteiger partial charge in [-0.2, -0.15) is 5.26 Å². The van der Waals surface area contributed by atoms with Gasteiger partial charge >= 0.3 is 0 Å². The van der Waals surface area contributed by atoms with Gasteiger partial charge in [-0.1, -0.05) is 35.3 Å². The first kappa shape index (κ1) is 11.9. The fourth-order valence-electron chi connectivity index (χ4n) is 0.979. The van der Waals surface area contributed by atoms with E-state index >= 15 is 0 Å². The van der Waals surface area contributed by atoms with Crippen molar-refractivity contribution in [1.29, 1.82) is 5.26 Å². The monoisotopic (exact) mass is 241 g/mol. The molecule has 4 heteroatoms. The molecule has 0 heterocycles. The van der Waals surface area contributed by atoms with E-state index in [9.17, 15) is 0 Å². The highest BCUT2D eigenvalue weighted by molar-refractivity contribution is 6.36. The van der Waals surface area contributed by atoms with E-state index in [1.54, 1.807) is 12.1 Å². The number of ether oxygens (including phenoxy) is 1. The van der Waals surface area contributed by atoms with Crippen molar-refractivity contribution in [3.05, 3.63) is 40.4 Å². The standard InChI is InChI=1S/C11H9Cl2NO/c12-7-10(13)8-15-11-3-1-9(2-4-11)5-6-14/h1-4,7H,5,8H2. The molecule has 0 radical (unpaired) electrons. The van der Waals surface area contributed by atoms with Crippen LogP contribution in [0.15, 0.2) is 34.8 Å². The molecule has 0 N–H and O–H groups in total. The van der Waals surface area contributed by atoms with Crippen molar-refractivity contribution in [2.24, 2.45) is 0 Å². The Morgan fingerprint density at radius 1 is 1.40 bits per heavy atom. The fourth-order valence-corrected chi connectivity index (χ4v) is 1.10. The first-order valence-corrected chi connectivity index (χ1v) is 5.11. The van der Waals surface area contributed by atoms with Crippen LogP contribution in [-0.4, -0.2) is 6.61 Å². The zero-order valence-corrected chi connectivity index (χ0v) is 9.42. The molecule has 0 aliphatic rings. The van der Waals surface area contributed by atoms with E-state index in [0.29, 0.717) is 17.2 Å². The van der Waals surface area contributed by atoms with Crippen LogP contribution >= 0.6 is 23.2 Å². The lowest BCUT2D eigenvalue weighted by Crippen LogP contribution is -1.96. The van der Waals surface area contributed by atoms with Crippen LogP contribution in [0.2, 0.25) is 0 Å². The number of rotatable bonds is 4. The molecule has 0 bridgehead atoms. The number of halogens is 2. The molecule has 0 spiro atoms. The molecule has 1 aromatic rings. The lowest BCUT2D eigenvalue weighted by atomic mass is 10.2. The summed E-state index contributed by atoms with van der Waals surface area (Å²) in [6, 6.07) is 9.36. The molecule has 0 atom stereocenters. The summed E-state index contributed by atoms with van der Waals surface area (Å²) in [5, 5.41) is 8.92. The maximum atomic E-state index is 8.48. The summed E-state index contributed by atoms with van der Waals surface area (Å²) in [5.41, 5.74) is 2.23. The molecule has 1 aromatic carbocycles. The molecule has 0 aromatic heterocycles. The molecule has 15 heavy (non-hydrogen) atoms. The third-order valence-electron chi connectivity index (χ3n) is 1.70. The summed E-state index contributed by atoms with van der Waals surface area (Å²) in [6.45, 7) is 0.253. The highest BCUT2D eigenvalue weighted by atomic mass is 35.5. The molecule has 0 unspecified atom stereocenters. The molecule has 1 rings (SSSR count). The summed E-state index contributed by atoms with van der Waals surface area (Å²) in [6.07, 6.45) is 0.405. The summed E-state index contributed by atoms with van der Waals surface area (Å²) in [5.74, 6) is 0.702. The minimum atomic E-state index is 0.253. The largest absolute Gasteiger partial charge is 0.488 e. The van der Waals surface area contributed by atoms with E-state index in [1.807, 2.05) is 12.1 Å². The van der Waals surface area contributed by atoms with Crippen LogP contribution in [0.4, 0.5) is 0 Å². The minimum Gasteiger partial charge on any atom is -0.488 e. The first-order chi connectivity index (χ1) is 7.26. The highest BCUT2D eigenvalue weighted by Gasteiger charge is 1.96. The van der Waals surface area contributed by atoms with E-state index < -0.39 is 0 Å². The maximum Gasteiger partial charge on any atom is 0.125 e. The van der Waals surface area contributed by atoms with Crippen molar-refractivity contribution in [3.63, 3.8) is 0 Å². The van der Waals surface area contributed by atoms with Crippen LogP contribution in [0.5, 0.6) is 5.75 Å². The Bertz CT molecular complexity index is 379. The second-order valence-electron chi connectivity index (χ2n) is 2.82. The predicted molar refractivity (Wildman–Crippen MR) is 61.0 cm³/mol. The van der Waals surface area contributed by atoms with Gasteiger partial charge in [-0.15, -0.1) is 0 Å². The Morgan fingerprint density at radius 2 is 2.07 bits per heavy atom. The van der Waals surface area contributed by atoms with Crippen molar-refractivity contribution in [2.75, 3.05) is 6.61 Å². The minimum absolute atomic E-state index is 0.253. The predicted octanol–water partition coefficient (Wildman–Crippen LogP) is 3.45. The average molecular weight is 242 g/mol. The number of nitriles is 1. The number of hydrogen-bond donors (Lipinski definition) is 0. The van der Waals surface area contributed by atoms with Crippen LogP contribution in [0, 0.1) is 11.3 Å². The number of hydrogen-bond acceptors (Lipinski definition) is 2. The molecule has 0 saturated carbocycles. The summed E-state index contributed by atoms with van der Waals surface area (Å²) in [7, 11) is 0. The topological polar surface area (TPSA) is 33.0 Å². The van der Waals surface area contributed by atoms with Crippen molar-refractivity contribution in [1.82, 2.24) is 0 Å². The van der Waals surface area contributed by atoms with Crippen LogP contribution in [0.25, 0.3) is 0 Å². The normalized spacial score (nSPS) is 10.9. The quantitative estimate of drug-likeness (QED) is 0.809. The molecule has 0 fully saturated rings. The van der Waals surface area contributed by atoms with Gasteiger partial charge in [0.05, 0.1) is 17.5 Å². The average Bonchev–Trinajstić information content (AvgIpc) is 2.28. The molecule has 0 amide bonds. The fraction of sp³-hybridized carbons (Fsp3) is 0.182. The van der Waals surface area contributed by atoms with Crippen molar-refractivity contribution in [2.45, 2.75) is 6.42 Å². The maximum absolute atomic E-state index is 8.48. The summed E-state index contributed by atoms with van der Waals surface area (Å²) in [4.78, 5) is 0. The Kier molecular flexibility index (Phi) is 5.03. The van der Waals surface area contributed by atoms with Gasteiger partial charge < -0.3 is 4.74 Å². The summed E-state index contributed by atoms with van der Waals surface area (Å²) < 4.78 is 5.32. The smallest absolute Gasteiger partial charge is 0.125 e. The lowest BCUT2D eigenvalue weighted by molar-refractivity contribution is 0.359. The first-order valence-electron chi connectivity index (χ1n) is 4.29. The van der Waals surface area contributed by atoms with Gasteiger partial charge in [-0.05, 0) is 17.7 Å². The van der Waals surface area contributed by atoms with Crippen LogP contribution < -0.4 is 4.74 Å². The zero-order valence-electron chi connectivity index (χ0n) is 7.91. The Morgan fingerprint density at radius 3 is 2.60 bits per heavy atom. The molecule has 0 aliphatic heterocycles. The summed E-state index contributed by atoms with van der Waals surface area (Å²) >= 11 is 11.0. The number of nitrogens with zero attached hydrogens (tertiary/aromatic N) is 1. The van der Waals surface area contributed by atoms with E-state index in [4.69, 9.17) is 33.2 Å². The van der Waals surface area contributed by atoms with Gasteiger partial charge in [0.1, 0.15) is 12.4 Å². The van der Waals surface area contributed by atoms with Gasteiger partial charge in [0, 0.05) is 5.54 Å². The van der Waals surface area contributed by atoms with Gasteiger partial charge in [0.15, 0.2) is 0 Å². The zero-order chi connectivity index (χ0) is 11.1. The van der Waals surface area contributed by atoms with E-state index in [0.717, 1.165) is 5.56 Å². The Labute approximate surface area is 98.7 Å². The second-order valence-corrected chi connectivity index (χ2v) is 3.53. The SMILES string of the molecule is N#CCc1ccc(OCC(Cl)=CCl)cc1. The lowest BCUT2D eigenvalue weighted by Gasteiger charge is -2.04. The molecular formula is C11H9Cl2NO. The third kappa shape index (κ3) is 4.24. The van der Waals surface area contributed by atoms with Crippen LogP contribution in [-0.2, 0) is 6.42 Å². The van der Waals surface area contributed by atoms with Crippen molar-refractivity contribution >= 4 is 23.2 Å². The highest BCUT2D eigenvalue weighted by Crippen LogP contribution is 2.14. The number of benzene rings is 1. The van der Waals surface area contributed by atoms with E-state index in [1.165, 1.54) is 5.54 Å². The van der Waals surface area contributed by atoms with Crippen LogP contribution in [0.3, 0.4) is 0 Å². The molecule has 78 valence electrons. The molecular weight excluding hydrogens is 233 g/mol. The van der Waals surface area contributed by atoms with E-state index in [2.05, 4.69) is 6.07 Å². The molecule has 0 saturated heterocycles. The van der Waals surface area contributed by atoms with Gasteiger partial charge in [-0.3, -0.25) is 0 Å². The molecule has 2 nitrogen and oxygen atoms in total.